The van der Waals surface area contributed by atoms with E-state index in [9.17, 15) is 0 Å². The summed E-state index contributed by atoms with van der Waals surface area (Å²) in [6, 6.07) is 7.64. The predicted molar refractivity (Wildman–Crippen MR) is 77.6 cm³/mol. The number of para-hydroxylation sites is 2. The minimum atomic E-state index is 0.0755. The van der Waals surface area contributed by atoms with Crippen molar-refractivity contribution in [3.63, 3.8) is 0 Å². The van der Waals surface area contributed by atoms with E-state index < -0.39 is 0 Å². The maximum absolute atomic E-state index is 5.96. The van der Waals surface area contributed by atoms with Crippen LogP contribution >= 0.6 is 0 Å². The van der Waals surface area contributed by atoms with E-state index >= 15 is 0 Å². The lowest BCUT2D eigenvalue weighted by Crippen LogP contribution is -2.36. The Balaban J connectivity index is 1.85. The third-order valence-corrected chi connectivity index (χ3v) is 3.50. The summed E-state index contributed by atoms with van der Waals surface area (Å²) in [5.74, 6) is 0.769. The Kier molecular flexibility index (Phi) is 3.44. The molecule has 3 rings (SSSR count). The van der Waals surface area contributed by atoms with Crippen molar-refractivity contribution < 1.29 is 9.47 Å². The van der Waals surface area contributed by atoms with Gasteiger partial charge in [-0.25, -0.2) is 9.97 Å². The van der Waals surface area contributed by atoms with E-state index in [1.54, 1.807) is 0 Å². The van der Waals surface area contributed by atoms with Crippen molar-refractivity contribution in [1.82, 2.24) is 9.97 Å². The molecular formula is C15H19N3O2. The summed E-state index contributed by atoms with van der Waals surface area (Å²) < 4.78 is 11.7. The van der Waals surface area contributed by atoms with Crippen LogP contribution in [0.1, 0.15) is 26.7 Å². The van der Waals surface area contributed by atoms with Crippen molar-refractivity contribution in [2.75, 3.05) is 5.73 Å². The molecule has 0 bridgehead atoms. The Morgan fingerprint density at radius 1 is 1.10 bits per heavy atom. The summed E-state index contributed by atoms with van der Waals surface area (Å²) in [6.07, 6.45) is 2.15. The number of ether oxygens (including phenoxy) is 2. The van der Waals surface area contributed by atoms with Crippen LogP contribution < -0.4 is 10.5 Å². The van der Waals surface area contributed by atoms with Gasteiger partial charge in [-0.2, -0.15) is 0 Å². The molecule has 1 aromatic carbocycles. The summed E-state index contributed by atoms with van der Waals surface area (Å²) in [6.45, 7) is 4.11. The van der Waals surface area contributed by atoms with Gasteiger partial charge in [-0.3, -0.25) is 0 Å². The minimum absolute atomic E-state index is 0.0755. The van der Waals surface area contributed by atoms with E-state index in [0.717, 1.165) is 23.9 Å². The van der Waals surface area contributed by atoms with Gasteiger partial charge >= 0.3 is 0 Å². The Hall–Kier alpha value is -1.88. The molecule has 1 aliphatic rings. The summed E-state index contributed by atoms with van der Waals surface area (Å²) in [7, 11) is 0. The SMILES string of the molecule is CC1CC(Oc2nc3ccccc3nc2N)CC(C)O1. The Labute approximate surface area is 118 Å². The van der Waals surface area contributed by atoms with E-state index in [-0.39, 0.29) is 18.3 Å². The van der Waals surface area contributed by atoms with Gasteiger partial charge in [0, 0.05) is 12.8 Å². The Morgan fingerprint density at radius 3 is 2.35 bits per heavy atom. The normalized spacial score (nSPS) is 26.6. The highest BCUT2D eigenvalue weighted by Gasteiger charge is 2.26. The highest BCUT2D eigenvalue weighted by atomic mass is 16.5. The molecule has 0 saturated carbocycles. The van der Waals surface area contributed by atoms with Gasteiger partial charge in [-0.15, -0.1) is 0 Å². The molecule has 0 spiro atoms. The van der Waals surface area contributed by atoms with Gasteiger partial charge in [-0.1, -0.05) is 12.1 Å². The third-order valence-electron chi connectivity index (χ3n) is 3.50. The number of aromatic nitrogens is 2. The van der Waals surface area contributed by atoms with E-state index in [4.69, 9.17) is 15.2 Å². The molecule has 1 aliphatic heterocycles. The first kappa shape index (κ1) is 13.1. The van der Waals surface area contributed by atoms with Crippen LogP contribution in [0.2, 0.25) is 0 Å². The highest BCUT2D eigenvalue weighted by Crippen LogP contribution is 2.27. The fourth-order valence-corrected chi connectivity index (χ4v) is 2.68. The van der Waals surface area contributed by atoms with Crippen LogP contribution in [0.3, 0.4) is 0 Å². The van der Waals surface area contributed by atoms with E-state index in [0.29, 0.717) is 11.7 Å². The Bertz CT molecular complexity index is 607. The zero-order chi connectivity index (χ0) is 14.1. The second-order valence-corrected chi connectivity index (χ2v) is 5.37. The molecule has 2 aromatic rings. The average molecular weight is 273 g/mol. The maximum Gasteiger partial charge on any atom is 0.258 e. The van der Waals surface area contributed by atoms with Crippen molar-refractivity contribution >= 4 is 16.9 Å². The molecule has 0 amide bonds. The monoisotopic (exact) mass is 273 g/mol. The molecule has 2 heterocycles. The smallest absolute Gasteiger partial charge is 0.258 e. The molecule has 2 unspecified atom stereocenters. The molecule has 0 radical (unpaired) electrons. The van der Waals surface area contributed by atoms with E-state index in [2.05, 4.69) is 23.8 Å². The third kappa shape index (κ3) is 2.67. The van der Waals surface area contributed by atoms with Crippen LogP contribution in [0, 0.1) is 0 Å². The van der Waals surface area contributed by atoms with Crippen LogP contribution in [0.25, 0.3) is 11.0 Å². The molecule has 1 aromatic heterocycles. The van der Waals surface area contributed by atoms with Crippen molar-refractivity contribution in [3.05, 3.63) is 24.3 Å². The van der Waals surface area contributed by atoms with Crippen molar-refractivity contribution in [1.29, 1.82) is 0 Å². The van der Waals surface area contributed by atoms with Gasteiger partial charge in [0.25, 0.3) is 5.88 Å². The number of hydrogen-bond acceptors (Lipinski definition) is 5. The number of anilines is 1. The van der Waals surface area contributed by atoms with Gasteiger partial charge in [0.2, 0.25) is 0 Å². The van der Waals surface area contributed by atoms with Gasteiger partial charge in [0.05, 0.1) is 23.2 Å². The quantitative estimate of drug-likeness (QED) is 0.910. The summed E-state index contributed by atoms with van der Waals surface area (Å²) in [5.41, 5.74) is 7.52. The summed E-state index contributed by atoms with van der Waals surface area (Å²) in [5, 5.41) is 0. The molecule has 5 heteroatoms. The first-order valence-electron chi connectivity index (χ1n) is 6.96. The largest absolute Gasteiger partial charge is 0.472 e. The fourth-order valence-electron chi connectivity index (χ4n) is 2.68. The van der Waals surface area contributed by atoms with Crippen LogP contribution in [0.5, 0.6) is 5.88 Å². The molecule has 2 atom stereocenters. The number of rotatable bonds is 2. The van der Waals surface area contributed by atoms with Crippen molar-refractivity contribution in [3.8, 4) is 5.88 Å². The number of hydrogen-bond donors (Lipinski definition) is 1. The number of fused-ring (bicyclic) bond motifs is 1. The standard InChI is InChI=1S/C15H19N3O2/c1-9-7-11(8-10(2)19-9)20-15-14(16)17-12-5-3-4-6-13(12)18-15/h3-6,9-11H,7-8H2,1-2H3,(H2,16,17). The van der Waals surface area contributed by atoms with Crippen molar-refractivity contribution in [2.45, 2.75) is 45.0 Å². The van der Waals surface area contributed by atoms with Crippen LogP contribution in [0.15, 0.2) is 24.3 Å². The molecule has 1 fully saturated rings. The lowest BCUT2D eigenvalue weighted by atomic mass is 10.0. The van der Waals surface area contributed by atoms with Gasteiger partial charge in [0.1, 0.15) is 6.10 Å². The molecular weight excluding hydrogens is 254 g/mol. The zero-order valence-corrected chi connectivity index (χ0v) is 11.7. The molecule has 1 saturated heterocycles. The van der Waals surface area contributed by atoms with Crippen LogP contribution in [-0.2, 0) is 4.74 Å². The van der Waals surface area contributed by atoms with E-state index in [1.807, 2.05) is 24.3 Å². The average Bonchev–Trinajstić information content (AvgIpc) is 2.38. The topological polar surface area (TPSA) is 70.3 Å². The van der Waals surface area contributed by atoms with Gasteiger partial charge < -0.3 is 15.2 Å². The van der Waals surface area contributed by atoms with Crippen LogP contribution in [-0.4, -0.2) is 28.3 Å². The summed E-state index contributed by atoms with van der Waals surface area (Å²) in [4.78, 5) is 8.81. The highest BCUT2D eigenvalue weighted by molar-refractivity contribution is 5.76. The molecule has 106 valence electrons. The van der Waals surface area contributed by atoms with E-state index in [1.165, 1.54) is 0 Å². The van der Waals surface area contributed by atoms with Gasteiger partial charge in [0.15, 0.2) is 5.82 Å². The lowest BCUT2D eigenvalue weighted by molar-refractivity contribution is -0.0728. The second-order valence-electron chi connectivity index (χ2n) is 5.37. The number of nitrogen functional groups attached to an aromatic ring is 1. The van der Waals surface area contributed by atoms with Gasteiger partial charge in [-0.05, 0) is 26.0 Å². The predicted octanol–water partition coefficient (Wildman–Crippen LogP) is 2.55. The minimum Gasteiger partial charge on any atom is -0.472 e. The first-order valence-corrected chi connectivity index (χ1v) is 6.96. The summed E-state index contributed by atoms with van der Waals surface area (Å²) >= 11 is 0. The van der Waals surface area contributed by atoms with Crippen LogP contribution in [0.4, 0.5) is 5.82 Å². The molecule has 20 heavy (non-hydrogen) atoms. The fraction of sp³-hybridized carbons (Fsp3) is 0.467. The number of nitrogens with two attached hydrogens (primary N) is 1. The lowest BCUT2D eigenvalue weighted by Gasteiger charge is -2.32. The first-order chi connectivity index (χ1) is 9.61. The Morgan fingerprint density at radius 2 is 1.70 bits per heavy atom. The number of benzene rings is 1. The number of nitrogens with zero attached hydrogens (tertiary/aromatic N) is 2. The van der Waals surface area contributed by atoms with Crippen molar-refractivity contribution in [2.24, 2.45) is 0 Å². The second kappa shape index (κ2) is 5.25. The molecule has 5 nitrogen and oxygen atoms in total. The zero-order valence-electron chi connectivity index (χ0n) is 11.7. The maximum atomic E-state index is 5.96. The molecule has 2 N–H and O–H groups in total. The molecule has 0 aliphatic carbocycles.